The van der Waals surface area contributed by atoms with E-state index in [1.165, 1.54) is 6.08 Å². The quantitative estimate of drug-likeness (QED) is 0.632. The molecule has 0 unspecified atom stereocenters. The van der Waals surface area contributed by atoms with Crippen LogP contribution in [0.1, 0.15) is 17.0 Å². The van der Waals surface area contributed by atoms with Crippen LogP contribution >= 0.6 is 23.2 Å². The van der Waals surface area contributed by atoms with Crippen LogP contribution in [0, 0.1) is 25.2 Å². The number of hydrogen-bond acceptors (Lipinski definition) is 3. The van der Waals surface area contributed by atoms with Gasteiger partial charge in [0, 0.05) is 16.4 Å². The van der Waals surface area contributed by atoms with Gasteiger partial charge in [-0.1, -0.05) is 23.2 Å². The topological polar surface area (TPSA) is 101 Å². The van der Waals surface area contributed by atoms with Gasteiger partial charge in [-0.15, -0.1) is 0 Å². The van der Waals surface area contributed by atoms with Crippen LogP contribution in [0.25, 0.3) is 11.8 Å². The van der Waals surface area contributed by atoms with E-state index in [1.54, 1.807) is 30.3 Å². The monoisotopic (exact) mass is 376 g/mol. The number of hydrogen-bond donors (Lipinski definition) is 2. The van der Waals surface area contributed by atoms with Gasteiger partial charge in [0.1, 0.15) is 11.6 Å². The van der Waals surface area contributed by atoms with Crippen LogP contribution in [-0.2, 0) is 4.79 Å². The number of primary amides is 1. The molecule has 0 bridgehead atoms. The lowest BCUT2D eigenvalue weighted by Gasteiger charge is -2.12. The van der Waals surface area contributed by atoms with Crippen molar-refractivity contribution in [1.29, 1.82) is 5.26 Å². The molecule has 0 radical (unpaired) electrons. The second-order valence-electron chi connectivity index (χ2n) is 5.25. The minimum atomic E-state index is -1.03. The van der Waals surface area contributed by atoms with Gasteiger partial charge in [0.05, 0.1) is 10.7 Å². The molecule has 25 heavy (non-hydrogen) atoms. The number of carbonyl (C=O) groups is 2. The number of aromatic nitrogens is 1. The van der Waals surface area contributed by atoms with Crippen LogP contribution in [0.4, 0.5) is 4.79 Å². The van der Waals surface area contributed by atoms with E-state index < -0.39 is 11.9 Å². The van der Waals surface area contributed by atoms with Crippen molar-refractivity contribution in [3.05, 3.63) is 56.8 Å². The van der Waals surface area contributed by atoms with Gasteiger partial charge < -0.3 is 10.3 Å². The highest BCUT2D eigenvalue weighted by atomic mass is 35.5. The van der Waals surface area contributed by atoms with Crippen LogP contribution in [-0.4, -0.2) is 16.5 Å². The van der Waals surface area contributed by atoms with E-state index in [0.717, 1.165) is 11.4 Å². The summed E-state index contributed by atoms with van der Waals surface area (Å²) >= 11 is 12.3. The van der Waals surface area contributed by atoms with Gasteiger partial charge in [-0.2, -0.15) is 5.26 Å². The van der Waals surface area contributed by atoms with Crippen LogP contribution in [0.3, 0.4) is 0 Å². The molecule has 0 fully saturated rings. The Bertz CT molecular complexity index is 939. The van der Waals surface area contributed by atoms with Crippen LogP contribution in [0.15, 0.2) is 29.8 Å². The number of urea groups is 1. The lowest BCUT2D eigenvalue weighted by Crippen LogP contribution is -2.35. The van der Waals surface area contributed by atoms with Gasteiger partial charge in [-0.3, -0.25) is 10.1 Å². The number of nitrogens with one attached hydrogen (secondary N) is 1. The smallest absolute Gasteiger partial charge is 0.319 e. The Labute approximate surface area is 154 Å². The van der Waals surface area contributed by atoms with Crippen molar-refractivity contribution in [2.75, 3.05) is 0 Å². The molecule has 3 amide bonds. The molecule has 1 aromatic carbocycles. The summed E-state index contributed by atoms with van der Waals surface area (Å²) in [6, 6.07) is 7.62. The first-order valence-corrected chi connectivity index (χ1v) is 7.87. The van der Waals surface area contributed by atoms with Gasteiger partial charge in [0.2, 0.25) is 0 Å². The number of benzene rings is 1. The van der Waals surface area contributed by atoms with Crippen molar-refractivity contribution in [3.63, 3.8) is 0 Å². The Morgan fingerprint density at radius 2 is 1.96 bits per heavy atom. The summed E-state index contributed by atoms with van der Waals surface area (Å²) in [5, 5.41) is 12.1. The van der Waals surface area contributed by atoms with E-state index in [4.69, 9.17) is 34.2 Å². The minimum absolute atomic E-state index is 0.240. The second-order valence-corrected chi connectivity index (χ2v) is 6.09. The molecule has 8 heteroatoms. The van der Waals surface area contributed by atoms with Crippen molar-refractivity contribution < 1.29 is 9.59 Å². The molecule has 0 atom stereocenters. The van der Waals surface area contributed by atoms with Crippen molar-refractivity contribution in [2.24, 2.45) is 5.73 Å². The van der Waals surface area contributed by atoms with E-state index in [9.17, 15) is 9.59 Å². The fraction of sp³-hybridized carbons (Fsp3) is 0.118. The second kappa shape index (κ2) is 7.43. The maximum Gasteiger partial charge on any atom is 0.319 e. The fourth-order valence-electron chi connectivity index (χ4n) is 2.44. The van der Waals surface area contributed by atoms with Gasteiger partial charge >= 0.3 is 6.03 Å². The number of nitriles is 1. The normalized spacial score (nSPS) is 11.1. The highest BCUT2D eigenvalue weighted by molar-refractivity contribution is 6.34. The fourth-order valence-corrected chi connectivity index (χ4v) is 2.81. The van der Waals surface area contributed by atoms with E-state index in [-0.39, 0.29) is 5.57 Å². The van der Waals surface area contributed by atoms with Gasteiger partial charge in [0.15, 0.2) is 0 Å². The summed E-state index contributed by atoms with van der Waals surface area (Å²) in [6.07, 6.45) is 1.38. The number of halogens is 2. The Morgan fingerprint density at radius 3 is 2.56 bits per heavy atom. The molecule has 0 spiro atoms. The lowest BCUT2D eigenvalue weighted by molar-refractivity contribution is -0.115. The van der Waals surface area contributed by atoms with Crippen molar-refractivity contribution in [3.8, 4) is 11.8 Å². The summed E-state index contributed by atoms with van der Waals surface area (Å²) in [6.45, 7) is 3.67. The molecule has 2 aromatic rings. The van der Waals surface area contributed by atoms with Gasteiger partial charge in [0.25, 0.3) is 5.91 Å². The predicted octanol–water partition coefficient (Wildman–Crippen LogP) is 3.50. The van der Waals surface area contributed by atoms with Crippen LogP contribution in [0.2, 0.25) is 10.0 Å². The molecule has 1 heterocycles. The summed E-state index contributed by atoms with van der Waals surface area (Å²) in [7, 11) is 0. The first kappa shape index (κ1) is 18.6. The Hall–Kier alpha value is -2.75. The van der Waals surface area contributed by atoms with Gasteiger partial charge in [-0.25, -0.2) is 4.79 Å². The summed E-state index contributed by atoms with van der Waals surface area (Å²) in [5.41, 5.74) is 7.56. The predicted molar refractivity (Wildman–Crippen MR) is 96.6 cm³/mol. The SMILES string of the molecule is Cc1cc(/C=C(/C#N)C(=O)NC(N)=O)c(C)n1-c1cc(Cl)ccc1Cl. The van der Waals surface area contributed by atoms with Crippen molar-refractivity contribution >= 4 is 41.2 Å². The standard InChI is InChI=1S/C17H14Cl2N4O2/c1-9-5-11(6-12(8-20)16(24)22-17(21)25)10(2)23(9)15-7-13(18)3-4-14(15)19/h3-7H,1-2H3,(H3,21,22,24,25)/b12-6-. The third kappa shape index (κ3) is 4.02. The zero-order valence-electron chi connectivity index (χ0n) is 13.4. The Balaban J connectivity index is 2.54. The average Bonchev–Trinajstić information content (AvgIpc) is 2.80. The first-order valence-electron chi connectivity index (χ1n) is 7.11. The van der Waals surface area contributed by atoms with Crippen LogP contribution in [0.5, 0.6) is 0 Å². The molecular formula is C17H14Cl2N4O2. The molecule has 0 saturated heterocycles. The molecule has 3 N–H and O–H groups in total. The molecular weight excluding hydrogens is 363 g/mol. The summed E-state index contributed by atoms with van der Waals surface area (Å²) < 4.78 is 1.86. The maximum atomic E-state index is 11.8. The molecule has 0 saturated carbocycles. The summed E-state index contributed by atoms with van der Waals surface area (Å²) in [5.74, 6) is -0.861. The third-order valence-corrected chi connectivity index (χ3v) is 4.08. The number of imide groups is 1. The first-order chi connectivity index (χ1) is 11.7. The zero-order valence-corrected chi connectivity index (χ0v) is 14.9. The number of aryl methyl sites for hydroxylation is 1. The molecule has 6 nitrogen and oxygen atoms in total. The van der Waals surface area contributed by atoms with E-state index in [1.807, 2.05) is 23.7 Å². The number of amides is 3. The Morgan fingerprint density at radius 1 is 1.28 bits per heavy atom. The zero-order chi connectivity index (χ0) is 18.7. The largest absolute Gasteiger partial charge is 0.351 e. The number of rotatable bonds is 3. The molecule has 0 aliphatic rings. The third-order valence-electron chi connectivity index (χ3n) is 3.52. The average molecular weight is 377 g/mol. The minimum Gasteiger partial charge on any atom is -0.351 e. The van der Waals surface area contributed by atoms with Crippen molar-refractivity contribution in [2.45, 2.75) is 13.8 Å². The molecule has 0 aliphatic heterocycles. The maximum absolute atomic E-state index is 11.8. The summed E-state index contributed by atoms with van der Waals surface area (Å²) in [4.78, 5) is 22.6. The lowest BCUT2D eigenvalue weighted by atomic mass is 10.1. The highest BCUT2D eigenvalue weighted by Crippen LogP contribution is 2.29. The van der Waals surface area contributed by atoms with Crippen molar-refractivity contribution in [1.82, 2.24) is 9.88 Å². The molecule has 0 aliphatic carbocycles. The number of nitrogens with two attached hydrogens (primary N) is 1. The van der Waals surface area contributed by atoms with Gasteiger partial charge in [-0.05, 0) is 49.8 Å². The molecule has 1 aromatic heterocycles. The van der Waals surface area contributed by atoms with E-state index in [2.05, 4.69) is 0 Å². The number of nitrogens with zero attached hydrogens (tertiary/aromatic N) is 2. The molecule has 2 rings (SSSR count). The van der Waals surface area contributed by atoms with E-state index >= 15 is 0 Å². The van der Waals surface area contributed by atoms with Crippen LogP contribution < -0.4 is 11.1 Å². The Kier molecular flexibility index (Phi) is 5.52. The number of carbonyl (C=O) groups excluding carboxylic acids is 2. The highest BCUT2D eigenvalue weighted by Gasteiger charge is 2.16. The molecule has 128 valence electrons. The van der Waals surface area contributed by atoms with E-state index in [0.29, 0.717) is 21.3 Å².